The molecule has 1 amide bonds. The van der Waals surface area contributed by atoms with Crippen molar-refractivity contribution in [1.29, 1.82) is 5.26 Å². The van der Waals surface area contributed by atoms with Crippen LogP contribution in [0.25, 0.3) is 0 Å². The predicted molar refractivity (Wildman–Crippen MR) is 94.5 cm³/mol. The number of ether oxygens (including phenoxy) is 1. The van der Waals surface area contributed by atoms with Gasteiger partial charge in [0.15, 0.2) is 0 Å². The highest BCUT2D eigenvalue weighted by Crippen LogP contribution is 2.12. The molecular weight excluding hydrogens is 316 g/mol. The average molecular weight is 336 g/mol. The highest BCUT2D eigenvalue weighted by atomic mass is 16.5. The number of nitrogens with zero attached hydrogens (tertiary/aromatic N) is 2. The zero-order chi connectivity index (χ0) is 17.9. The van der Waals surface area contributed by atoms with E-state index in [2.05, 4.69) is 15.6 Å². The van der Waals surface area contributed by atoms with Crippen molar-refractivity contribution >= 4 is 5.91 Å². The Balaban J connectivity index is 1.81. The minimum Gasteiger partial charge on any atom is -0.497 e. The van der Waals surface area contributed by atoms with Crippen LogP contribution in [0.5, 0.6) is 5.75 Å². The summed E-state index contributed by atoms with van der Waals surface area (Å²) in [7, 11) is 1.63. The minimum atomic E-state index is -0.416. The van der Waals surface area contributed by atoms with E-state index in [1.54, 1.807) is 25.6 Å². The summed E-state index contributed by atoms with van der Waals surface area (Å²) in [5, 5.41) is 14.8. The van der Waals surface area contributed by atoms with E-state index in [-0.39, 0.29) is 5.57 Å². The van der Waals surface area contributed by atoms with Gasteiger partial charge in [0.05, 0.1) is 7.11 Å². The molecule has 1 aromatic carbocycles. The molecule has 2 rings (SSSR count). The van der Waals surface area contributed by atoms with Crippen molar-refractivity contribution < 1.29 is 9.53 Å². The van der Waals surface area contributed by atoms with Crippen molar-refractivity contribution in [2.45, 2.75) is 13.0 Å². The smallest absolute Gasteiger partial charge is 0.263 e. The minimum absolute atomic E-state index is 0.0366. The molecule has 128 valence electrons. The lowest BCUT2D eigenvalue weighted by Gasteiger charge is -2.06. The molecule has 2 N–H and O–H groups in total. The summed E-state index contributed by atoms with van der Waals surface area (Å²) < 4.78 is 5.18. The van der Waals surface area contributed by atoms with Gasteiger partial charge in [0.25, 0.3) is 5.91 Å². The molecular formula is C19H20N4O2. The Kier molecular flexibility index (Phi) is 7.01. The number of nitriles is 1. The summed E-state index contributed by atoms with van der Waals surface area (Å²) in [6, 6.07) is 13.3. The van der Waals surface area contributed by atoms with Crippen LogP contribution in [0.15, 0.2) is 60.6 Å². The summed E-state index contributed by atoms with van der Waals surface area (Å²) in [6.45, 7) is 0.934. The second kappa shape index (κ2) is 9.73. The van der Waals surface area contributed by atoms with Crippen molar-refractivity contribution in [3.63, 3.8) is 0 Å². The monoisotopic (exact) mass is 336 g/mol. The van der Waals surface area contributed by atoms with Crippen LogP contribution in [0.4, 0.5) is 0 Å². The molecule has 1 heterocycles. The Hall–Kier alpha value is -3.33. The fourth-order valence-electron chi connectivity index (χ4n) is 2.15. The van der Waals surface area contributed by atoms with E-state index in [0.29, 0.717) is 13.1 Å². The van der Waals surface area contributed by atoms with Crippen molar-refractivity contribution in [3.05, 3.63) is 71.7 Å². The van der Waals surface area contributed by atoms with Crippen molar-refractivity contribution in [3.8, 4) is 11.8 Å². The largest absolute Gasteiger partial charge is 0.497 e. The van der Waals surface area contributed by atoms with E-state index in [1.165, 1.54) is 6.20 Å². The number of benzene rings is 1. The van der Waals surface area contributed by atoms with Crippen molar-refractivity contribution in [2.75, 3.05) is 13.7 Å². The van der Waals surface area contributed by atoms with Gasteiger partial charge in [0.1, 0.15) is 17.4 Å². The molecule has 0 saturated heterocycles. The third kappa shape index (κ3) is 5.99. The van der Waals surface area contributed by atoms with Crippen LogP contribution in [0.1, 0.15) is 11.1 Å². The van der Waals surface area contributed by atoms with Gasteiger partial charge < -0.3 is 15.4 Å². The molecule has 0 unspecified atom stereocenters. The number of nitrogens with one attached hydrogen (secondary N) is 2. The Morgan fingerprint density at radius 1 is 1.32 bits per heavy atom. The van der Waals surface area contributed by atoms with Gasteiger partial charge in [-0.1, -0.05) is 18.2 Å². The van der Waals surface area contributed by atoms with E-state index in [4.69, 9.17) is 10.00 Å². The van der Waals surface area contributed by atoms with E-state index in [1.807, 2.05) is 36.4 Å². The molecule has 0 fully saturated rings. The summed E-state index contributed by atoms with van der Waals surface area (Å²) in [4.78, 5) is 16.0. The molecule has 0 atom stereocenters. The first kappa shape index (κ1) is 18.0. The van der Waals surface area contributed by atoms with Crippen LogP contribution >= 0.6 is 0 Å². The predicted octanol–water partition coefficient (Wildman–Crippen LogP) is 1.95. The van der Waals surface area contributed by atoms with Crippen molar-refractivity contribution in [2.24, 2.45) is 0 Å². The van der Waals surface area contributed by atoms with Crippen LogP contribution in [-0.2, 0) is 17.8 Å². The summed E-state index contributed by atoms with van der Waals surface area (Å²) in [5.74, 6) is 0.390. The number of rotatable bonds is 8. The van der Waals surface area contributed by atoms with Gasteiger partial charge in [0.2, 0.25) is 0 Å². The highest BCUT2D eigenvalue weighted by molar-refractivity contribution is 5.97. The lowest BCUT2D eigenvalue weighted by atomic mass is 10.1. The Morgan fingerprint density at radius 3 is 2.88 bits per heavy atom. The highest BCUT2D eigenvalue weighted by Gasteiger charge is 2.08. The first-order valence-corrected chi connectivity index (χ1v) is 7.86. The molecule has 2 aromatic rings. The number of carbonyl (C=O) groups excluding carboxylic acids is 1. The molecule has 0 aliphatic rings. The molecule has 0 bridgehead atoms. The van der Waals surface area contributed by atoms with E-state index in [0.717, 1.165) is 23.3 Å². The van der Waals surface area contributed by atoms with Gasteiger partial charge in [0, 0.05) is 31.7 Å². The van der Waals surface area contributed by atoms with E-state index in [9.17, 15) is 4.79 Å². The molecule has 0 aliphatic carbocycles. The normalized spacial score (nSPS) is 10.6. The van der Waals surface area contributed by atoms with Gasteiger partial charge in [-0.15, -0.1) is 0 Å². The van der Waals surface area contributed by atoms with Gasteiger partial charge >= 0.3 is 0 Å². The Labute approximate surface area is 147 Å². The van der Waals surface area contributed by atoms with Crippen LogP contribution in [0, 0.1) is 11.3 Å². The SMILES string of the molecule is COc1cccc(CCN/C=C(/C#N)C(=O)NCc2cccnc2)c1. The lowest BCUT2D eigenvalue weighted by Crippen LogP contribution is -2.25. The Morgan fingerprint density at radius 2 is 2.16 bits per heavy atom. The number of hydrogen-bond acceptors (Lipinski definition) is 5. The zero-order valence-corrected chi connectivity index (χ0v) is 14.0. The molecule has 6 nitrogen and oxygen atoms in total. The second-order valence-electron chi connectivity index (χ2n) is 5.27. The van der Waals surface area contributed by atoms with Crippen molar-refractivity contribution in [1.82, 2.24) is 15.6 Å². The number of carbonyl (C=O) groups is 1. The third-order valence-electron chi connectivity index (χ3n) is 3.48. The number of hydrogen-bond donors (Lipinski definition) is 2. The van der Waals surface area contributed by atoms with Gasteiger partial charge in [-0.25, -0.2) is 0 Å². The first-order valence-electron chi connectivity index (χ1n) is 7.86. The quantitative estimate of drug-likeness (QED) is 0.437. The van der Waals surface area contributed by atoms with Gasteiger partial charge in [-0.2, -0.15) is 5.26 Å². The maximum absolute atomic E-state index is 12.0. The number of amides is 1. The second-order valence-corrected chi connectivity index (χ2v) is 5.27. The van der Waals surface area contributed by atoms with E-state index < -0.39 is 5.91 Å². The number of methoxy groups -OCH3 is 1. The number of aromatic nitrogens is 1. The molecule has 25 heavy (non-hydrogen) atoms. The summed E-state index contributed by atoms with van der Waals surface area (Å²) >= 11 is 0. The van der Waals surface area contributed by atoms with E-state index >= 15 is 0 Å². The summed E-state index contributed by atoms with van der Waals surface area (Å²) in [6.07, 6.45) is 5.53. The van der Waals surface area contributed by atoms with Crippen LogP contribution in [-0.4, -0.2) is 24.5 Å². The fraction of sp³-hybridized carbons (Fsp3) is 0.211. The lowest BCUT2D eigenvalue weighted by molar-refractivity contribution is -0.117. The molecule has 1 aromatic heterocycles. The molecule has 0 spiro atoms. The number of pyridine rings is 1. The van der Waals surface area contributed by atoms with Crippen LogP contribution < -0.4 is 15.4 Å². The molecule has 0 saturated carbocycles. The third-order valence-corrected chi connectivity index (χ3v) is 3.48. The molecule has 0 radical (unpaired) electrons. The van der Waals surface area contributed by atoms with Gasteiger partial charge in [-0.05, 0) is 35.7 Å². The maximum Gasteiger partial charge on any atom is 0.263 e. The first-order chi connectivity index (χ1) is 12.2. The zero-order valence-electron chi connectivity index (χ0n) is 14.0. The van der Waals surface area contributed by atoms with Gasteiger partial charge in [-0.3, -0.25) is 9.78 Å². The molecule has 6 heteroatoms. The average Bonchev–Trinajstić information content (AvgIpc) is 2.67. The standard InChI is InChI=1S/C19H20N4O2/c1-25-18-6-2-4-15(10-18)7-9-22-14-17(11-20)19(24)23-13-16-5-3-8-21-12-16/h2-6,8,10,12,14,22H,7,9,13H2,1H3,(H,23,24)/b17-14-. The van der Waals surface area contributed by atoms with Crippen LogP contribution in [0.2, 0.25) is 0 Å². The molecule has 0 aliphatic heterocycles. The fourth-order valence-corrected chi connectivity index (χ4v) is 2.15. The summed E-state index contributed by atoms with van der Waals surface area (Å²) in [5.41, 5.74) is 2.02. The Bertz CT molecular complexity index is 766. The maximum atomic E-state index is 12.0. The topological polar surface area (TPSA) is 87.0 Å². The van der Waals surface area contributed by atoms with Crippen LogP contribution in [0.3, 0.4) is 0 Å².